The molecule has 0 unspecified atom stereocenters. The van der Waals surface area contributed by atoms with Gasteiger partial charge in [0, 0.05) is 16.1 Å². The Kier molecular flexibility index (Phi) is 6.36. The number of methoxy groups -OCH3 is 2. The quantitative estimate of drug-likeness (QED) is 0.787. The number of benzene rings is 2. The molecule has 2 aromatic rings. The molecule has 1 heterocycles. The molecule has 26 heavy (non-hydrogen) atoms. The predicted molar refractivity (Wildman–Crippen MR) is 105 cm³/mol. The first kappa shape index (κ1) is 18.5. The van der Waals surface area contributed by atoms with E-state index in [0.717, 1.165) is 43.3 Å². The molecule has 138 valence electrons. The number of nitrogens with zero attached hydrogens (tertiary/aromatic N) is 2. The first-order valence-electron chi connectivity index (χ1n) is 8.78. The minimum atomic E-state index is 0.710. The number of hydrazone groups is 1. The molecule has 1 saturated heterocycles. The van der Waals surface area contributed by atoms with Crippen molar-refractivity contribution < 1.29 is 14.4 Å². The van der Waals surface area contributed by atoms with Gasteiger partial charge in [0.15, 0.2) is 11.5 Å². The molecular weight excluding hydrogens is 350 g/mol. The summed E-state index contributed by atoms with van der Waals surface area (Å²) in [6, 6.07) is 13.9. The van der Waals surface area contributed by atoms with Crippen molar-refractivity contribution >= 4 is 17.8 Å². The zero-order valence-electron chi connectivity index (χ0n) is 15.2. The van der Waals surface area contributed by atoms with Gasteiger partial charge in [0.2, 0.25) is 0 Å². The lowest BCUT2D eigenvalue weighted by Gasteiger charge is -2.30. The van der Waals surface area contributed by atoms with E-state index < -0.39 is 0 Å². The van der Waals surface area contributed by atoms with Crippen LogP contribution in [0.1, 0.15) is 11.1 Å². The summed E-state index contributed by atoms with van der Waals surface area (Å²) in [4.78, 5) is 1.53. The van der Waals surface area contributed by atoms with Crippen LogP contribution in [-0.4, -0.2) is 51.6 Å². The minimum Gasteiger partial charge on any atom is -0.493 e. The molecule has 0 aliphatic carbocycles. The monoisotopic (exact) mass is 374 g/mol. The van der Waals surface area contributed by atoms with Crippen LogP contribution in [0.15, 0.2) is 47.6 Å². The molecule has 1 N–H and O–H groups in total. The van der Waals surface area contributed by atoms with Crippen LogP contribution in [-0.2, 0) is 6.54 Å². The van der Waals surface area contributed by atoms with Gasteiger partial charge in [-0.05, 0) is 18.2 Å². The van der Waals surface area contributed by atoms with E-state index in [0.29, 0.717) is 11.5 Å². The Bertz CT molecular complexity index is 758. The van der Waals surface area contributed by atoms with Crippen LogP contribution in [0.3, 0.4) is 0 Å². The Hall–Kier alpha value is -2.24. The van der Waals surface area contributed by atoms with Gasteiger partial charge in [0.1, 0.15) is 6.54 Å². The maximum absolute atomic E-state index is 6.27. The molecule has 0 atom stereocenters. The van der Waals surface area contributed by atoms with Crippen LogP contribution >= 0.6 is 11.6 Å². The third kappa shape index (κ3) is 4.48. The summed E-state index contributed by atoms with van der Waals surface area (Å²) in [6.45, 7) is 4.88. The third-order valence-corrected chi connectivity index (χ3v) is 5.01. The van der Waals surface area contributed by atoms with Crippen LogP contribution in [0.25, 0.3) is 0 Å². The van der Waals surface area contributed by atoms with Gasteiger partial charge < -0.3 is 14.4 Å². The zero-order valence-corrected chi connectivity index (χ0v) is 16.0. The molecule has 0 aromatic heterocycles. The van der Waals surface area contributed by atoms with Crippen LogP contribution in [0.5, 0.6) is 11.5 Å². The molecule has 0 spiro atoms. The topological polar surface area (TPSA) is 38.5 Å². The van der Waals surface area contributed by atoms with Gasteiger partial charge in [-0.2, -0.15) is 5.10 Å². The molecular formula is C20H25ClN3O2+. The van der Waals surface area contributed by atoms with Crippen molar-refractivity contribution in [1.29, 1.82) is 0 Å². The normalized spacial score (nSPS) is 15.4. The van der Waals surface area contributed by atoms with E-state index in [2.05, 4.69) is 16.2 Å². The number of nitrogens with one attached hydrogen (secondary N) is 1. The molecule has 2 aromatic carbocycles. The predicted octanol–water partition coefficient (Wildman–Crippen LogP) is 2.09. The summed E-state index contributed by atoms with van der Waals surface area (Å²) in [7, 11) is 3.28. The minimum absolute atomic E-state index is 0.710. The van der Waals surface area contributed by atoms with E-state index in [1.807, 2.05) is 42.6 Å². The fraction of sp³-hybridized carbons (Fsp3) is 0.350. The maximum atomic E-state index is 6.27. The van der Waals surface area contributed by atoms with E-state index >= 15 is 0 Å². The molecule has 1 aliphatic rings. The molecule has 6 heteroatoms. The SMILES string of the molecule is COc1cccc(C=NN2CC[NH+](Cc3ccccc3Cl)CC2)c1OC. The van der Waals surface area contributed by atoms with Crippen molar-refractivity contribution in [1.82, 2.24) is 5.01 Å². The van der Waals surface area contributed by atoms with Crippen molar-refractivity contribution in [2.75, 3.05) is 40.4 Å². The van der Waals surface area contributed by atoms with Crippen LogP contribution in [0.2, 0.25) is 5.02 Å². The van der Waals surface area contributed by atoms with Gasteiger partial charge in [-0.1, -0.05) is 35.9 Å². The van der Waals surface area contributed by atoms with E-state index in [1.54, 1.807) is 14.2 Å². The molecule has 0 amide bonds. The Morgan fingerprint density at radius 1 is 1.08 bits per heavy atom. The lowest BCUT2D eigenvalue weighted by molar-refractivity contribution is -0.918. The van der Waals surface area contributed by atoms with Gasteiger partial charge in [-0.25, -0.2) is 0 Å². The Morgan fingerprint density at radius 3 is 2.54 bits per heavy atom. The standard InChI is InChI=1S/C20H24ClN3O2/c1-25-19-9-5-7-16(20(19)26-2)14-22-24-12-10-23(11-13-24)15-17-6-3-4-8-18(17)21/h3-9,14H,10-13,15H2,1-2H3/p+1. The van der Waals surface area contributed by atoms with Crippen LogP contribution in [0, 0.1) is 0 Å². The van der Waals surface area contributed by atoms with Crippen LogP contribution in [0.4, 0.5) is 0 Å². The van der Waals surface area contributed by atoms with E-state index in [1.165, 1.54) is 10.5 Å². The van der Waals surface area contributed by atoms with Gasteiger partial charge in [0.05, 0.1) is 46.6 Å². The maximum Gasteiger partial charge on any atom is 0.169 e. The second-order valence-electron chi connectivity index (χ2n) is 6.30. The van der Waals surface area contributed by atoms with Crippen LogP contribution < -0.4 is 14.4 Å². The number of rotatable bonds is 6. The van der Waals surface area contributed by atoms with Crippen molar-refractivity contribution in [3.8, 4) is 11.5 Å². The van der Waals surface area contributed by atoms with E-state index in [9.17, 15) is 0 Å². The number of quaternary nitrogens is 1. The fourth-order valence-corrected chi connectivity index (χ4v) is 3.37. The molecule has 3 rings (SSSR count). The summed E-state index contributed by atoms with van der Waals surface area (Å²) in [5.74, 6) is 1.42. The smallest absolute Gasteiger partial charge is 0.169 e. The second kappa shape index (κ2) is 8.92. The number of ether oxygens (including phenoxy) is 2. The Morgan fingerprint density at radius 2 is 1.85 bits per heavy atom. The van der Waals surface area contributed by atoms with Crippen molar-refractivity contribution in [3.63, 3.8) is 0 Å². The fourth-order valence-electron chi connectivity index (χ4n) is 3.17. The lowest BCUT2D eigenvalue weighted by Crippen LogP contribution is -3.13. The largest absolute Gasteiger partial charge is 0.493 e. The highest BCUT2D eigenvalue weighted by atomic mass is 35.5. The Labute approximate surface area is 159 Å². The number of para-hydroxylation sites is 1. The second-order valence-corrected chi connectivity index (χ2v) is 6.71. The molecule has 5 nitrogen and oxygen atoms in total. The Balaban J connectivity index is 1.57. The summed E-state index contributed by atoms with van der Waals surface area (Å²) in [6.07, 6.45) is 1.85. The molecule has 0 radical (unpaired) electrons. The van der Waals surface area contributed by atoms with E-state index in [4.69, 9.17) is 21.1 Å². The molecule has 0 saturated carbocycles. The first-order chi connectivity index (χ1) is 12.7. The van der Waals surface area contributed by atoms with Gasteiger partial charge in [-0.15, -0.1) is 0 Å². The summed E-state index contributed by atoms with van der Waals surface area (Å²) >= 11 is 6.27. The van der Waals surface area contributed by atoms with Gasteiger partial charge in [-0.3, -0.25) is 5.01 Å². The van der Waals surface area contributed by atoms with Crippen molar-refractivity contribution in [2.45, 2.75) is 6.54 Å². The number of hydrogen-bond donors (Lipinski definition) is 1. The summed E-state index contributed by atoms with van der Waals surface area (Å²) in [5, 5.41) is 7.59. The number of hydrogen-bond acceptors (Lipinski definition) is 4. The van der Waals surface area contributed by atoms with E-state index in [-0.39, 0.29) is 0 Å². The van der Waals surface area contributed by atoms with Crippen molar-refractivity contribution in [2.24, 2.45) is 5.10 Å². The molecule has 1 aliphatic heterocycles. The average molecular weight is 375 g/mol. The van der Waals surface area contributed by atoms with Gasteiger partial charge >= 0.3 is 0 Å². The van der Waals surface area contributed by atoms with Gasteiger partial charge in [0.25, 0.3) is 0 Å². The first-order valence-corrected chi connectivity index (χ1v) is 9.16. The summed E-state index contributed by atoms with van der Waals surface area (Å²) < 4.78 is 10.8. The third-order valence-electron chi connectivity index (χ3n) is 4.64. The average Bonchev–Trinajstić information content (AvgIpc) is 2.68. The summed E-state index contributed by atoms with van der Waals surface area (Å²) in [5.41, 5.74) is 2.12. The highest BCUT2D eigenvalue weighted by molar-refractivity contribution is 6.31. The lowest BCUT2D eigenvalue weighted by atomic mass is 10.2. The molecule has 1 fully saturated rings. The highest BCUT2D eigenvalue weighted by Gasteiger charge is 2.19. The molecule has 0 bridgehead atoms. The zero-order chi connectivity index (χ0) is 18.4. The van der Waals surface area contributed by atoms with Crippen molar-refractivity contribution in [3.05, 3.63) is 58.6 Å². The number of piperazine rings is 1. The highest BCUT2D eigenvalue weighted by Crippen LogP contribution is 2.29. The number of halogens is 1.